The largest absolute Gasteiger partial charge is 0.493 e. The van der Waals surface area contributed by atoms with Crippen molar-refractivity contribution < 1.29 is 14.3 Å². The number of carbonyl (C=O) groups is 1. The molecule has 1 amide bonds. The zero-order chi connectivity index (χ0) is 16.8. The minimum atomic E-state index is -0.118. The minimum Gasteiger partial charge on any atom is -0.493 e. The molecule has 0 aliphatic rings. The molecule has 0 spiro atoms. The Balaban J connectivity index is 1.95. The maximum atomic E-state index is 12.4. The number of carbonyl (C=O) groups excluding carboxylic acids is 1. The fraction of sp³-hybridized carbons (Fsp3) is 0.316. The molecule has 2 aromatic rings. The van der Waals surface area contributed by atoms with E-state index in [0.717, 1.165) is 11.1 Å². The Kier molecular flexibility index (Phi) is 5.63. The Labute approximate surface area is 137 Å². The van der Waals surface area contributed by atoms with Crippen LogP contribution in [0.5, 0.6) is 11.5 Å². The second kappa shape index (κ2) is 7.68. The van der Waals surface area contributed by atoms with Gasteiger partial charge in [-0.15, -0.1) is 0 Å². The van der Waals surface area contributed by atoms with Crippen LogP contribution in [0.25, 0.3) is 0 Å². The van der Waals surface area contributed by atoms with E-state index in [9.17, 15) is 4.79 Å². The van der Waals surface area contributed by atoms with Crippen LogP contribution in [-0.2, 0) is 0 Å². The topological polar surface area (TPSA) is 47.6 Å². The van der Waals surface area contributed by atoms with Crippen LogP contribution in [0.1, 0.15) is 28.4 Å². The van der Waals surface area contributed by atoms with Gasteiger partial charge in [0.1, 0.15) is 6.61 Å². The van der Waals surface area contributed by atoms with Crippen LogP contribution in [0.15, 0.2) is 42.5 Å². The van der Waals surface area contributed by atoms with Gasteiger partial charge >= 0.3 is 0 Å². The number of amides is 1. The molecule has 0 aliphatic carbocycles. The highest BCUT2D eigenvalue weighted by atomic mass is 16.5. The summed E-state index contributed by atoms with van der Waals surface area (Å²) < 4.78 is 11.0. The lowest BCUT2D eigenvalue weighted by Crippen LogP contribution is -2.37. The summed E-state index contributed by atoms with van der Waals surface area (Å²) in [6.45, 7) is 6.20. The van der Waals surface area contributed by atoms with Crippen LogP contribution < -0.4 is 14.8 Å². The molecule has 0 bridgehead atoms. The summed E-state index contributed by atoms with van der Waals surface area (Å²) in [6.07, 6.45) is 0. The second-order valence-electron chi connectivity index (χ2n) is 5.65. The van der Waals surface area contributed by atoms with Crippen molar-refractivity contribution in [1.82, 2.24) is 5.32 Å². The molecule has 4 heteroatoms. The summed E-state index contributed by atoms with van der Waals surface area (Å²) in [4.78, 5) is 12.4. The lowest BCUT2D eigenvalue weighted by Gasteiger charge is -2.17. The first kappa shape index (κ1) is 16.9. The molecule has 23 heavy (non-hydrogen) atoms. The third kappa shape index (κ3) is 4.49. The normalized spacial score (nSPS) is 11.7. The molecule has 1 N–H and O–H groups in total. The summed E-state index contributed by atoms with van der Waals surface area (Å²) in [5.41, 5.74) is 2.73. The molecule has 2 aromatic carbocycles. The molecule has 0 aliphatic heterocycles. The lowest BCUT2D eigenvalue weighted by molar-refractivity contribution is 0.0925. The second-order valence-corrected chi connectivity index (χ2v) is 5.65. The zero-order valence-corrected chi connectivity index (χ0v) is 14.1. The average molecular weight is 313 g/mol. The SMILES string of the molecule is COc1ccccc1OC[C@@H](C)NC(=O)c1cc(C)ccc1C. The highest BCUT2D eigenvalue weighted by Gasteiger charge is 2.13. The molecule has 1 atom stereocenters. The predicted octanol–water partition coefficient (Wildman–Crippen LogP) is 3.51. The first-order chi connectivity index (χ1) is 11.0. The number of benzene rings is 2. The number of hydrogen-bond donors (Lipinski definition) is 1. The van der Waals surface area contributed by atoms with Crippen LogP contribution in [-0.4, -0.2) is 25.7 Å². The highest BCUT2D eigenvalue weighted by molar-refractivity contribution is 5.96. The minimum absolute atomic E-state index is 0.0812. The standard InChI is InChI=1S/C19H23NO3/c1-13-9-10-14(2)16(11-13)19(21)20-15(3)12-23-18-8-6-5-7-17(18)22-4/h5-11,15H,12H2,1-4H3,(H,20,21)/t15-/m1/s1. The van der Waals surface area contributed by atoms with Gasteiger partial charge in [0.2, 0.25) is 0 Å². The van der Waals surface area contributed by atoms with Gasteiger partial charge in [0, 0.05) is 5.56 Å². The maximum absolute atomic E-state index is 12.4. The summed E-state index contributed by atoms with van der Waals surface area (Å²) in [5, 5.41) is 2.97. The van der Waals surface area contributed by atoms with Crippen LogP contribution in [0.3, 0.4) is 0 Å². The van der Waals surface area contributed by atoms with Crippen molar-refractivity contribution in [2.45, 2.75) is 26.8 Å². The lowest BCUT2D eigenvalue weighted by atomic mass is 10.0. The average Bonchev–Trinajstić information content (AvgIpc) is 2.55. The molecular formula is C19H23NO3. The molecule has 0 fully saturated rings. The molecule has 0 aromatic heterocycles. The Hall–Kier alpha value is -2.49. The smallest absolute Gasteiger partial charge is 0.251 e. The Bertz CT molecular complexity index is 682. The van der Waals surface area contributed by atoms with Crippen LogP contribution in [0, 0.1) is 13.8 Å². The van der Waals surface area contributed by atoms with Gasteiger partial charge < -0.3 is 14.8 Å². The first-order valence-electron chi connectivity index (χ1n) is 7.65. The molecule has 0 saturated heterocycles. The van der Waals surface area contributed by atoms with Crippen molar-refractivity contribution in [1.29, 1.82) is 0 Å². The first-order valence-corrected chi connectivity index (χ1v) is 7.65. The van der Waals surface area contributed by atoms with Gasteiger partial charge in [-0.1, -0.05) is 29.8 Å². The number of hydrogen-bond acceptors (Lipinski definition) is 3. The van der Waals surface area contributed by atoms with E-state index in [1.54, 1.807) is 7.11 Å². The number of para-hydroxylation sites is 2. The summed E-state index contributed by atoms with van der Waals surface area (Å²) in [6, 6.07) is 13.2. The zero-order valence-electron chi connectivity index (χ0n) is 14.1. The molecular weight excluding hydrogens is 290 g/mol. The molecule has 0 unspecified atom stereocenters. The molecule has 2 rings (SSSR count). The van der Waals surface area contributed by atoms with Crippen LogP contribution >= 0.6 is 0 Å². The Morgan fingerprint density at radius 2 is 1.83 bits per heavy atom. The fourth-order valence-corrected chi connectivity index (χ4v) is 2.28. The van der Waals surface area contributed by atoms with E-state index < -0.39 is 0 Å². The van der Waals surface area contributed by atoms with Crippen molar-refractivity contribution in [2.24, 2.45) is 0 Å². The molecule has 0 heterocycles. The summed E-state index contributed by atoms with van der Waals surface area (Å²) in [5.74, 6) is 1.27. The number of aryl methyl sites for hydroxylation is 2. The van der Waals surface area contributed by atoms with Gasteiger partial charge in [-0.25, -0.2) is 0 Å². The third-order valence-electron chi connectivity index (χ3n) is 3.57. The van der Waals surface area contributed by atoms with Gasteiger partial charge in [-0.3, -0.25) is 4.79 Å². The maximum Gasteiger partial charge on any atom is 0.251 e. The molecule has 0 saturated carbocycles. The third-order valence-corrected chi connectivity index (χ3v) is 3.57. The predicted molar refractivity (Wildman–Crippen MR) is 91.3 cm³/mol. The highest BCUT2D eigenvalue weighted by Crippen LogP contribution is 2.25. The summed E-state index contributed by atoms with van der Waals surface area (Å²) >= 11 is 0. The van der Waals surface area contributed by atoms with E-state index in [0.29, 0.717) is 23.7 Å². The van der Waals surface area contributed by atoms with E-state index >= 15 is 0 Å². The van der Waals surface area contributed by atoms with E-state index in [2.05, 4.69) is 5.32 Å². The van der Waals surface area contributed by atoms with Crippen molar-refractivity contribution in [2.75, 3.05) is 13.7 Å². The Morgan fingerprint density at radius 1 is 1.13 bits per heavy atom. The van der Waals surface area contributed by atoms with Crippen molar-refractivity contribution >= 4 is 5.91 Å². The van der Waals surface area contributed by atoms with E-state index in [4.69, 9.17) is 9.47 Å². The molecule has 122 valence electrons. The van der Waals surface area contributed by atoms with Crippen molar-refractivity contribution in [3.8, 4) is 11.5 Å². The molecule has 4 nitrogen and oxygen atoms in total. The fourth-order valence-electron chi connectivity index (χ4n) is 2.28. The quantitative estimate of drug-likeness (QED) is 0.888. The van der Waals surface area contributed by atoms with Gasteiger partial charge in [0.05, 0.1) is 13.2 Å². The van der Waals surface area contributed by atoms with Gasteiger partial charge in [0.25, 0.3) is 5.91 Å². The van der Waals surface area contributed by atoms with E-state index in [1.807, 2.05) is 63.2 Å². The van der Waals surface area contributed by atoms with Crippen LogP contribution in [0.4, 0.5) is 0 Å². The summed E-state index contributed by atoms with van der Waals surface area (Å²) in [7, 11) is 1.61. The number of nitrogens with one attached hydrogen (secondary N) is 1. The number of rotatable bonds is 6. The van der Waals surface area contributed by atoms with Crippen molar-refractivity contribution in [3.63, 3.8) is 0 Å². The van der Waals surface area contributed by atoms with Crippen LogP contribution in [0.2, 0.25) is 0 Å². The number of ether oxygens (including phenoxy) is 2. The molecule has 0 radical (unpaired) electrons. The van der Waals surface area contributed by atoms with Gasteiger partial charge in [-0.05, 0) is 44.5 Å². The van der Waals surface area contributed by atoms with Crippen molar-refractivity contribution in [3.05, 3.63) is 59.2 Å². The monoisotopic (exact) mass is 313 g/mol. The van der Waals surface area contributed by atoms with Gasteiger partial charge in [-0.2, -0.15) is 0 Å². The Morgan fingerprint density at radius 3 is 2.52 bits per heavy atom. The van der Waals surface area contributed by atoms with E-state index in [1.165, 1.54) is 0 Å². The van der Waals surface area contributed by atoms with E-state index in [-0.39, 0.29) is 11.9 Å². The van der Waals surface area contributed by atoms with Gasteiger partial charge in [0.15, 0.2) is 11.5 Å². The number of methoxy groups -OCH3 is 1.